The summed E-state index contributed by atoms with van der Waals surface area (Å²) in [6.45, 7) is 6.79. The van der Waals surface area contributed by atoms with E-state index in [0.717, 1.165) is 18.7 Å². The molecule has 0 bridgehead atoms. The van der Waals surface area contributed by atoms with Crippen LogP contribution in [0.3, 0.4) is 0 Å². The van der Waals surface area contributed by atoms with Gasteiger partial charge in [0.05, 0.1) is 6.54 Å². The molecule has 2 heterocycles. The summed E-state index contributed by atoms with van der Waals surface area (Å²) in [5.74, 6) is 1.76. The maximum absolute atomic E-state index is 6.02. The lowest BCUT2D eigenvalue weighted by Gasteiger charge is -2.11. The van der Waals surface area contributed by atoms with Crippen molar-refractivity contribution in [3.63, 3.8) is 0 Å². The molecule has 2 aromatic rings. The molecule has 2 N–H and O–H groups in total. The van der Waals surface area contributed by atoms with Crippen molar-refractivity contribution >= 4 is 0 Å². The zero-order chi connectivity index (χ0) is 14.1. The van der Waals surface area contributed by atoms with Gasteiger partial charge < -0.3 is 10.2 Å². The van der Waals surface area contributed by atoms with Crippen molar-refractivity contribution in [1.82, 2.24) is 15.1 Å². The summed E-state index contributed by atoms with van der Waals surface area (Å²) >= 11 is 0. The van der Waals surface area contributed by atoms with E-state index < -0.39 is 0 Å². The van der Waals surface area contributed by atoms with E-state index in [1.54, 1.807) is 0 Å². The van der Waals surface area contributed by atoms with Crippen molar-refractivity contribution in [3.8, 4) is 11.5 Å². The Hall–Kier alpha value is -1.72. The lowest BCUT2D eigenvalue weighted by atomic mass is 10.1. The van der Waals surface area contributed by atoms with Crippen molar-refractivity contribution in [2.45, 2.75) is 26.4 Å². The largest absolute Gasteiger partial charge is 0.419 e. The van der Waals surface area contributed by atoms with Crippen molar-refractivity contribution < 1.29 is 4.42 Å². The molecule has 5 nitrogen and oxygen atoms in total. The summed E-state index contributed by atoms with van der Waals surface area (Å²) in [4.78, 5) is 2.27. The van der Waals surface area contributed by atoms with Crippen LogP contribution in [0.4, 0.5) is 0 Å². The molecule has 20 heavy (non-hydrogen) atoms. The first-order valence-electron chi connectivity index (χ1n) is 6.99. The number of hydrogen-bond donors (Lipinski definition) is 1. The van der Waals surface area contributed by atoms with Crippen LogP contribution in [-0.2, 0) is 6.54 Å². The van der Waals surface area contributed by atoms with Gasteiger partial charge in [0, 0.05) is 24.7 Å². The molecule has 3 rings (SSSR count). The van der Waals surface area contributed by atoms with E-state index in [1.807, 2.05) is 24.3 Å². The average molecular weight is 272 g/mol. The quantitative estimate of drug-likeness (QED) is 0.923. The van der Waals surface area contributed by atoms with Crippen LogP contribution < -0.4 is 5.73 Å². The standard InChI is InChI=1S/C15H20N4O/c1-10-3-5-12(6-4-10)15-18-17-14(20-15)9-19-7-11(2)13(16)8-19/h3-6,11,13H,7-9,16H2,1-2H3. The fraction of sp³-hybridized carbons (Fsp3) is 0.467. The van der Waals surface area contributed by atoms with Gasteiger partial charge in [-0.25, -0.2) is 0 Å². The molecule has 0 aliphatic carbocycles. The summed E-state index contributed by atoms with van der Waals surface area (Å²) in [5, 5.41) is 8.25. The SMILES string of the molecule is Cc1ccc(-c2nnc(CN3CC(C)C(N)C3)o2)cc1. The second-order valence-electron chi connectivity index (χ2n) is 5.70. The van der Waals surface area contributed by atoms with Crippen LogP contribution in [0.5, 0.6) is 0 Å². The summed E-state index contributed by atoms with van der Waals surface area (Å²) in [5.41, 5.74) is 8.20. The third kappa shape index (κ3) is 2.73. The molecule has 1 aromatic carbocycles. The Balaban J connectivity index is 1.69. The Kier molecular flexibility index (Phi) is 3.54. The number of benzene rings is 1. The molecular formula is C15H20N4O. The molecule has 0 spiro atoms. The zero-order valence-corrected chi connectivity index (χ0v) is 11.9. The van der Waals surface area contributed by atoms with Gasteiger partial charge in [-0.2, -0.15) is 0 Å². The van der Waals surface area contributed by atoms with Gasteiger partial charge in [0.15, 0.2) is 0 Å². The van der Waals surface area contributed by atoms with Crippen LogP contribution in [0.25, 0.3) is 11.5 Å². The third-order valence-corrected chi connectivity index (χ3v) is 3.87. The number of likely N-dealkylation sites (tertiary alicyclic amines) is 1. The molecule has 0 saturated carbocycles. The van der Waals surface area contributed by atoms with Crippen LogP contribution in [-0.4, -0.2) is 34.2 Å². The van der Waals surface area contributed by atoms with Gasteiger partial charge in [-0.15, -0.1) is 10.2 Å². The monoisotopic (exact) mass is 272 g/mol. The number of aromatic nitrogens is 2. The van der Waals surface area contributed by atoms with E-state index in [4.69, 9.17) is 10.2 Å². The summed E-state index contributed by atoms with van der Waals surface area (Å²) in [6.07, 6.45) is 0. The molecular weight excluding hydrogens is 252 g/mol. The van der Waals surface area contributed by atoms with Gasteiger partial charge >= 0.3 is 0 Å². The molecule has 1 aromatic heterocycles. The first-order valence-corrected chi connectivity index (χ1v) is 6.99. The second-order valence-corrected chi connectivity index (χ2v) is 5.70. The molecule has 1 aliphatic rings. The number of rotatable bonds is 3. The van der Waals surface area contributed by atoms with Crippen molar-refractivity contribution in [1.29, 1.82) is 0 Å². The highest BCUT2D eigenvalue weighted by Crippen LogP contribution is 2.21. The van der Waals surface area contributed by atoms with Crippen LogP contribution in [0.15, 0.2) is 28.7 Å². The van der Waals surface area contributed by atoms with Gasteiger partial charge in [-0.3, -0.25) is 4.90 Å². The highest BCUT2D eigenvalue weighted by molar-refractivity contribution is 5.52. The van der Waals surface area contributed by atoms with E-state index in [0.29, 0.717) is 24.2 Å². The Morgan fingerprint density at radius 3 is 2.65 bits per heavy atom. The summed E-state index contributed by atoms with van der Waals surface area (Å²) < 4.78 is 5.74. The predicted octanol–water partition coefficient (Wildman–Crippen LogP) is 1.82. The van der Waals surface area contributed by atoms with E-state index >= 15 is 0 Å². The zero-order valence-electron chi connectivity index (χ0n) is 11.9. The van der Waals surface area contributed by atoms with Gasteiger partial charge in [0.2, 0.25) is 11.8 Å². The van der Waals surface area contributed by atoms with Crippen LogP contribution in [0.1, 0.15) is 18.4 Å². The fourth-order valence-electron chi connectivity index (χ4n) is 2.55. The normalized spacial score (nSPS) is 23.4. The fourth-order valence-corrected chi connectivity index (χ4v) is 2.55. The van der Waals surface area contributed by atoms with E-state index in [-0.39, 0.29) is 6.04 Å². The minimum absolute atomic E-state index is 0.245. The molecule has 0 radical (unpaired) electrons. The molecule has 1 saturated heterocycles. The van der Waals surface area contributed by atoms with Crippen LogP contribution >= 0.6 is 0 Å². The Bertz CT molecular complexity index is 568. The van der Waals surface area contributed by atoms with Crippen LogP contribution in [0, 0.1) is 12.8 Å². The minimum atomic E-state index is 0.245. The highest BCUT2D eigenvalue weighted by Gasteiger charge is 2.27. The second kappa shape index (κ2) is 5.34. The van der Waals surface area contributed by atoms with Gasteiger partial charge in [0.1, 0.15) is 0 Å². The Morgan fingerprint density at radius 1 is 1.25 bits per heavy atom. The predicted molar refractivity (Wildman–Crippen MR) is 76.9 cm³/mol. The van der Waals surface area contributed by atoms with E-state index in [9.17, 15) is 0 Å². The number of aryl methyl sites for hydroxylation is 1. The topological polar surface area (TPSA) is 68.2 Å². The maximum atomic E-state index is 6.02. The van der Waals surface area contributed by atoms with Crippen molar-refractivity contribution in [3.05, 3.63) is 35.7 Å². The Labute approximate surface area is 118 Å². The summed E-state index contributed by atoms with van der Waals surface area (Å²) in [7, 11) is 0. The first kappa shape index (κ1) is 13.3. The molecule has 5 heteroatoms. The van der Waals surface area contributed by atoms with E-state index in [2.05, 4.69) is 28.9 Å². The number of hydrogen-bond acceptors (Lipinski definition) is 5. The average Bonchev–Trinajstić information content (AvgIpc) is 2.99. The van der Waals surface area contributed by atoms with Crippen LogP contribution in [0.2, 0.25) is 0 Å². The van der Waals surface area contributed by atoms with E-state index in [1.165, 1.54) is 5.56 Å². The first-order chi connectivity index (χ1) is 9.61. The van der Waals surface area contributed by atoms with Crippen molar-refractivity contribution in [2.24, 2.45) is 11.7 Å². The molecule has 1 aliphatic heterocycles. The van der Waals surface area contributed by atoms with Gasteiger partial charge in [-0.05, 0) is 25.0 Å². The molecule has 0 amide bonds. The minimum Gasteiger partial charge on any atom is -0.419 e. The number of nitrogens with two attached hydrogens (primary N) is 1. The van der Waals surface area contributed by atoms with Gasteiger partial charge in [-0.1, -0.05) is 24.6 Å². The lowest BCUT2D eigenvalue weighted by Crippen LogP contribution is -2.28. The third-order valence-electron chi connectivity index (χ3n) is 3.87. The molecule has 106 valence electrons. The lowest BCUT2D eigenvalue weighted by molar-refractivity contribution is 0.283. The highest BCUT2D eigenvalue weighted by atomic mass is 16.4. The molecule has 2 atom stereocenters. The smallest absolute Gasteiger partial charge is 0.247 e. The van der Waals surface area contributed by atoms with Gasteiger partial charge in [0.25, 0.3) is 0 Å². The van der Waals surface area contributed by atoms with Crippen molar-refractivity contribution in [2.75, 3.05) is 13.1 Å². The molecule has 2 unspecified atom stereocenters. The number of nitrogens with zero attached hydrogens (tertiary/aromatic N) is 3. The molecule has 1 fully saturated rings. The maximum Gasteiger partial charge on any atom is 0.247 e. The summed E-state index contributed by atoms with van der Waals surface area (Å²) in [6, 6.07) is 8.33. The Morgan fingerprint density at radius 2 is 2.00 bits per heavy atom.